The van der Waals surface area contributed by atoms with E-state index in [0.717, 1.165) is 52.2 Å². The number of ether oxygens (including phenoxy) is 2. The molecule has 1 fully saturated rings. The summed E-state index contributed by atoms with van der Waals surface area (Å²) < 4.78 is 12.1. The predicted molar refractivity (Wildman–Crippen MR) is 142 cm³/mol. The first kappa shape index (κ1) is 24.3. The van der Waals surface area contributed by atoms with Gasteiger partial charge in [-0.15, -0.1) is 0 Å². The number of nitrogens with one attached hydrogen (secondary N) is 1. The second kappa shape index (κ2) is 8.50. The minimum atomic E-state index is -0.951. The first-order valence-electron chi connectivity index (χ1n) is 12.9. The molecule has 3 aromatic rings. The maximum atomic E-state index is 12.5. The SMILES string of the molecule is CCO[C@@H]1CN(C(=O)O)[C@](c2nc3c([nH]2)-c2cc4c(cc2CC3)-c2ccc(Cl)cc2CO4)(C(C)(C)C)C1. The Hall–Kier alpha value is -3.03. The molecule has 3 heterocycles. The molecule has 7 nitrogen and oxygen atoms in total. The van der Waals surface area contributed by atoms with Gasteiger partial charge in [0.1, 0.15) is 23.7 Å². The van der Waals surface area contributed by atoms with Crippen molar-refractivity contribution < 1.29 is 19.4 Å². The molecule has 0 saturated carbocycles. The van der Waals surface area contributed by atoms with Crippen molar-refractivity contribution in [2.24, 2.45) is 5.41 Å². The quantitative estimate of drug-likeness (QED) is 0.415. The zero-order chi connectivity index (χ0) is 26.1. The Morgan fingerprint density at radius 1 is 1.22 bits per heavy atom. The van der Waals surface area contributed by atoms with E-state index in [9.17, 15) is 9.90 Å². The molecule has 1 aromatic heterocycles. The molecule has 2 N–H and O–H groups in total. The smallest absolute Gasteiger partial charge is 0.408 e. The Bertz CT molecular complexity index is 1410. The Kier molecular flexibility index (Phi) is 5.58. The lowest BCUT2D eigenvalue weighted by Gasteiger charge is -2.45. The van der Waals surface area contributed by atoms with E-state index < -0.39 is 17.0 Å². The number of nitrogens with zero attached hydrogens (tertiary/aromatic N) is 2. The number of likely N-dealkylation sites (tertiary alicyclic amines) is 1. The van der Waals surface area contributed by atoms with Gasteiger partial charge < -0.3 is 19.6 Å². The molecule has 1 aliphatic carbocycles. The number of hydrogen-bond donors (Lipinski definition) is 2. The van der Waals surface area contributed by atoms with Crippen LogP contribution in [0.1, 0.15) is 56.8 Å². The van der Waals surface area contributed by atoms with Gasteiger partial charge in [-0.25, -0.2) is 9.78 Å². The lowest BCUT2D eigenvalue weighted by atomic mass is 9.71. The number of imidazole rings is 1. The van der Waals surface area contributed by atoms with Crippen molar-refractivity contribution in [3.8, 4) is 28.1 Å². The Labute approximate surface area is 221 Å². The summed E-state index contributed by atoms with van der Waals surface area (Å²) >= 11 is 6.22. The zero-order valence-electron chi connectivity index (χ0n) is 21.7. The summed E-state index contributed by atoms with van der Waals surface area (Å²) in [6.45, 7) is 9.54. The summed E-state index contributed by atoms with van der Waals surface area (Å²) in [7, 11) is 0. The predicted octanol–water partition coefficient (Wildman–Crippen LogP) is 6.42. The number of carbonyl (C=O) groups is 1. The van der Waals surface area contributed by atoms with Gasteiger partial charge in [0.15, 0.2) is 0 Å². The van der Waals surface area contributed by atoms with Gasteiger partial charge in [-0.05, 0) is 66.1 Å². The number of fused-ring (bicyclic) bond motifs is 6. The van der Waals surface area contributed by atoms with Crippen molar-refractivity contribution in [2.75, 3.05) is 13.2 Å². The van der Waals surface area contributed by atoms with Crippen LogP contribution in [0.2, 0.25) is 5.02 Å². The average molecular weight is 522 g/mol. The molecule has 0 unspecified atom stereocenters. The number of halogens is 1. The molecule has 6 rings (SSSR count). The minimum Gasteiger partial charge on any atom is -0.488 e. The van der Waals surface area contributed by atoms with Crippen LogP contribution in [0.3, 0.4) is 0 Å². The highest BCUT2D eigenvalue weighted by Crippen LogP contribution is 2.52. The highest BCUT2D eigenvalue weighted by atomic mass is 35.5. The van der Waals surface area contributed by atoms with Crippen molar-refractivity contribution in [1.82, 2.24) is 14.9 Å². The van der Waals surface area contributed by atoms with Crippen molar-refractivity contribution in [2.45, 2.75) is 65.2 Å². The largest absolute Gasteiger partial charge is 0.488 e. The van der Waals surface area contributed by atoms with Crippen LogP contribution in [-0.2, 0) is 29.7 Å². The molecule has 194 valence electrons. The third-order valence-electron chi connectivity index (χ3n) is 8.26. The number of H-pyrrole nitrogens is 1. The number of carboxylic acid groups (broad SMARTS) is 1. The number of aromatic nitrogens is 2. The number of aromatic amines is 1. The lowest BCUT2D eigenvalue weighted by molar-refractivity contribution is 0.0197. The molecule has 37 heavy (non-hydrogen) atoms. The number of benzene rings is 2. The lowest BCUT2D eigenvalue weighted by Crippen LogP contribution is -2.53. The highest BCUT2D eigenvalue weighted by molar-refractivity contribution is 6.30. The van der Waals surface area contributed by atoms with E-state index in [1.807, 2.05) is 19.1 Å². The van der Waals surface area contributed by atoms with E-state index in [1.165, 1.54) is 10.5 Å². The monoisotopic (exact) mass is 521 g/mol. The van der Waals surface area contributed by atoms with Gasteiger partial charge in [0.2, 0.25) is 0 Å². The van der Waals surface area contributed by atoms with Gasteiger partial charge in [0.25, 0.3) is 0 Å². The van der Waals surface area contributed by atoms with Crippen molar-refractivity contribution in [1.29, 1.82) is 0 Å². The van der Waals surface area contributed by atoms with Crippen molar-refractivity contribution in [3.05, 3.63) is 58.0 Å². The van der Waals surface area contributed by atoms with Crippen LogP contribution in [0.5, 0.6) is 5.75 Å². The van der Waals surface area contributed by atoms with Gasteiger partial charge in [0, 0.05) is 29.2 Å². The van der Waals surface area contributed by atoms with Gasteiger partial charge >= 0.3 is 6.09 Å². The molecule has 0 bridgehead atoms. The summed E-state index contributed by atoms with van der Waals surface area (Å²) in [4.78, 5) is 22.8. The summed E-state index contributed by atoms with van der Waals surface area (Å²) in [6.07, 6.45) is 1.07. The first-order valence-corrected chi connectivity index (χ1v) is 13.3. The van der Waals surface area contributed by atoms with E-state index in [0.29, 0.717) is 37.0 Å². The third kappa shape index (κ3) is 3.66. The van der Waals surface area contributed by atoms with Gasteiger partial charge in [-0.3, -0.25) is 4.90 Å². The van der Waals surface area contributed by atoms with E-state index in [-0.39, 0.29) is 6.10 Å². The number of hydrogen-bond acceptors (Lipinski definition) is 4. The summed E-state index contributed by atoms with van der Waals surface area (Å²) in [5, 5.41) is 11.0. The molecule has 0 radical (unpaired) electrons. The van der Waals surface area contributed by atoms with Crippen LogP contribution in [0.15, 0.2) is 30.3 Å². The van der Waals surface area contributed by atoms with Gasteiger partial charge in [0.05, 0.1) is 24.0 Å². The molecule has 1 saturated heterocycles. The van der Waals surface area contributed by atoms with Crippen LogP contribution in [0, 0.1) is 5.41 Å². The van der Waals surface area contributed by atoms with E-state index in [4.69, 9.17) is 26.1 Å². The molecule has 0 spiro atoms. The van der Waals surface area contributed by atoms with Crippen molar-refractivity contribution >= 4 is 17.7 Å². The highest BCUT2D eigenvalue weighted by Gasteiger charge is 2.58. The molecule has 2 aromatic carbocycles. The molecule has 2 atom stereocenters. The van der Waals surface area contributed by atoms with Gasteiger partial charge in [-0.1, -0.05) is 38.4 Å². The maximum absolute atomic E-state index is 12.5. The van der Waals surface area contributed by atoms with Crippen LogP contribution < -0.4 is 4.74 Å². The minimum absolute atomic E-state index is 0.177. The molecular weight excluding hydrogens is 490 g/mol. The Balaban J connectivity index is 1.47. The van der Waals surface area contributed by atoms with Crippen LogP contribution in [0.25, 0.3) is 22.4 Å². The zero-order valence-corrected chi connectivity index (χ0v) is 22.4. The number of rotatable bonds is 3. The molecular formula is C29H32ClN3O4. The Morgan fingerprint density at radius 3 is 2.76 bits per heavy atom. The van der Waals surface area contributed by atoms with E-state index in [2.05, 4.69) is 44.0 Å². The van der Waals surface area contributed by atoms with Gasteiger partial charge in [-0.2, -0.15) is 0 Å². The van der Waals surface area contributed by atoms with Crippen molar-refractivity contribution in [3.63, 3.8) is 0 Å². The molecule has 8 heteroatoms. The fourth-order valence-electron chi connectivity index (χ4n) is 6.50. The normalized spacial score (nSPS) is 22.1. The summed E-state index contributed by atoms with van der Waals surface area (Å²) in [6, 6.07) is 10.3. The summed E-state index contributed by atoms with van der Waals surface area (Å²) in [5.41, 5.74) is 6.31. The van der Waals surface area contributed by atoms with Crippen LogP contribution >= 0.6 is 11.6 Å². The summed E-state index contributed by atoms with van der Waals surface area (Å²) in [5.74, 6) is 1.54. The topological polar surface area (TPSA) is 87.7 Å². The Morgan fingerprint density at radius 2 is 2.03 bits per heavy atom. The number of aryl methyl sites for hydroxylation is 2. The fraction of sp³-hybridized carbons (Fsp3) is 0.448. The maximum Gasteiger partial charge on any atom is 0.408 e. The molecule has 1 amide bonds. The van der Waals surface area contributed by atoms with E-state index >= 15 is 0 Å². The fourth-order valence-corrected chi connectivity index (χ4v) is 6.69. The third-order valence-corrected chi connectivity index (χ3v) is 8.50. The molecule has 3 aliphatic rings. The average Bonchev–Trinajstić information content (AvgIpc) is 3.45. The van der Waals surface area contributed by atoms with Crippen LogP contribution in [-0.4, -0.2) is 45.3 Å². The van der Waals surface area contributed by atoms with E-state index in [1.54, 1.807) is 0 Å². The molecule has 2 aliphatic heterocycles. The second-order valence-corrected chi connectivity index (χ2v) is 11.7. The van der Waals surface area contributed by atoms with Crippen LogP contribution in [0.4, 0.5) is 4.79 Å². The standard InChI is InChI=1S/C29H32ClN3O4/c1-5-36-19-13-29(28(2,3)4,33(14-19)27(34)35)26-31-23-9-6-16-11-22-20-8-7-18(30)10-17(20)15-37-24(22)12-21(16)25(23)32-26/h7-8,10-12,19H,5-6,9,13-15H2,1-4H3,(H,31,32)(H,34,35)/t19-,29+/m0/s1. The second-order valence-electron chi connectivity index (χ2n) is 11.3. The first-order chi connectivity index (χ1) is 17.6. The number of amides is 1.